The maximum atomic E-state index is 6.28. The van der Waals surface area contributed by atoms with Crippen molar-refractivity contribution in [1.82, 2.24) is 15.1 Å². The molecule has 1 atom stereocenters. The lowest BCUT2D eigenvalue weighted by atomic mass is 9.73. The number of nitrogens with zero attached hydrogens (tertiary/aromatic N) is 2. The molecule has 0 radical (unpaired) electrons. The van der Waals surface area contributed by atoms with Gasteiger partial charge in [0.1, 0.15) is 0 Å². The van der Waals surface area contributed by atoms with E-state index in [1.807, 2.05) is 11.7 Å². The highest BCUT2D eigenvalue weighted by Crippen LogP contribution is 2.46. The van der Waals surface area contributed by atoms with Gasteiger partial charge in [0.2, 0.25) is 0 Å². The third-order valence-electron chi connectivity index (χ3n) is 3.94. The highest BCUT2D eigenvalue weighted by molar-refractivity contribution is 6.31. The number of ether oxygens (including phenoxy) is 1. The molecule has 18 heavy (non-hydrogen) atoms. The molecule has 5 heteroatoms. The van der Waals surface area contributed by atoms with E-state index in [4.69, 9.17) is 16.3 Å². The van der Waals surface area contributed by atoms with Gasteiger partial charge >= 0.3 is 0 Å². The van der Waals surface area contributed by atoms with Crippen LogP contribution < -0.4 is 5.32 Å². The number of aryl methyl sites for hydroxylation is 1. The third-order valence-corrected chi connectivity index (χ3v) is 4.23. The van der Waals surface area contributed by atoms with Crippen molar-refractivity contribution < 1.29 is 4.74 Å². The van der Waals surface area contributed by atoms with E-state index in [1.165, 1.54) is 6.42 Å². The minimum Gasteiger partial charge on any atom is -0.376 e. The monoisotopic (exact) mass is 271 g/mol. The average molecular weight is 272 g/mol. The normalized spacial score (nSPS) is 19.6. The SMILES string of the molecule is CCCNC(c1c(Cl)cnn1C)C1(OC)CCC1. The summed E-state index contributed by atoms with van der Waals surface area (Å²) in [6.07, 6.45) is 6.16. The molecule has 4 nitrogen and oxygen atoms in total. The highest BCUT2D eigenvalue weighted by atomic mass is 35.5. The van der Waals surface area contributed by atoms with Gasteiger partial charge in [-0.25, -0.2) is 0 Å². The van der Waals surface area contributed by atoms with Crippen LogP contribution in [0.1, 0.15) is 44.3 Å². The lowest BCUT2D eigenvalue weighted by molar-refractivity contribution is -0.101. The van der Waals surface area contributed by atoms with Crippen LogP contribution in [0.2, 0.25) is 5.02 Å². The summed E-state index contributed by atoms with van der Waals surface area (Å²) >= 11 is 6.28. The van der Waals surface area contributed by atoms with Crippen LogP contribution >= 0.6 is 11.6 Å². The number of nitrogens with one attached hydrogen (secondary N) is 1. The summed E-state index contributed by atoms with van der Waals surface area (Å²) in [6.45, 7) is 3.12. The predicted octanol–water partition coefficient (Wildman–Crippen LogP) is 2.68. The molecule has 1 heterocycles. The van der Waals surface area contributed by atoms with Crippen LogP contribution in [0.4, 0.5) is 0 Å². The van der Waals surface area contributed by atoms with Crippen molar-refractivity contribution in [2.75, 3.05) is 13.7 Å². The minimum absolute atomic E-state index is 0.118. The summed E-state index contributed by atoms with van der Waals surface area (Å²) in [5.74, 6) is 0. The Morgan fingerprint density at radius 3 is 2.72 bits per heavy atom. The second-order valence-corrected chi connectivity index (χ2v) is 5.42. The molecule has 1 unspecified atom stereocenters. The molecule has 1 aliphatic carbocycles. The Morgan fingerprint density at radius 1 is 1.61 bits per heavy atom. The van der Waals surface area contributed by atoms with Crippen LogP contribution in [0.25, 0.3) is 0 Å². The van der Waals surface area contributed by atoms with E-state index in [2.05, 4.69) is 17.3 Å². The number of hydrogen-bond donors (Lipinski definition) is 1. The number of methoxy groups -OCH3 is 1. The van der Waals surface area contributed by atoms with Crippen LogP contribution in [-0.4, -0.2) is 29.0 Å². The summed E-state index contributed by atoms with van der Waals surface area (Å²) in [4.78, 5) is 0. The second kappa shape index (κ2) is 5.59. The van der Waals surface area contributed by atoms with E-state index in [1.54, 1.807) is 13.3 Å². The number of aromatic nitrogens is 2. The minimum atomic E-state index is -0.118. The molecule has 0 aliphatic heterocycles. The first-order chi connectivity index (χ1) is 8.64. The lowest BCUT2D eigenvalue weighted by Crippen LogP contribution is -2.51. The van der Waals surface area contributed by atoms with Crippen molar-refractivity contribution in [3.63, 3.8) is 0 Å². The van der Waals surface area contributed by atoms with E-state index in [0.717, 1.165) is 36.5 Å². The first-order valence-corrected chi connectivity index (χ1v) is 6.98. The summed E-state index contributed by atoms with van der Waals surface area (Å²) in [5, 5.41) is 8.53. The van der Waals surface area contributed by atoms with Gasteiger partial charge in [-0.1, -0.05) is 18.5 Å². The van der Waals surface area contributed by atoms with Crippen LogP contribution in [0.3, 0.4) is 0 Å². The Bertz CT molecular complexity index is 376. The smallest absolute Gasteiger partial charge is 0.0888 e. The van der Waals surface area contributed by atoms with Crippen LogP contribution in [0.5, 0.6) is 0 Å². The quantitative estimate of drug-likeness (QED) is 0.865. The lowest BCUT2D eigenvalue weighted by Gasteiger charge is -2.46. The average Bonchev–Trinajstić information content (AvgIpc) is 2.63. The molecule has 1 N–H and O–H groups in total. The fourth-order valence-corrected chi connectivity index (χ4v) is 2.98. The number of hydrogen-bond acceptors (Lipinski definition) is 3. The zero-order valence-corrected chi connectivity index (χ0v) is 12.1. The van der Waals surface area contributed by atoms with Gasteiger partial charge in [-0.05, 0) is 32.2 Å². The first-order valence-electron chi connectivity index (χ1n) is 6.60. The van der Waals surface area contributed by atoms with Crippen LogP contribution in [0, 0.1) is 0 Å². The zero-order chi connectivity index (χ0) is 13.2. The van der Waals surface area contributed by atoms with Gasteiger partial charge in [-0.3, -0.25) is 4.68 Å². The van der Waals surface area contributed by atoms with Gasteiger partial charge in [0.15, 0.2) is 0 Å². The zero-order valence-electron chi connectivity index (χ0n) is 11.4. The van der Waals surface area contributed by atoms with E-state index in [9.17, 15) is 0 Å². The molecule has 0 saturated heterocycles. The third kappa shape index (κ3) is 2.29. The van der Waals surface area contributed by atoms with Crippen molar-refractivity contribution in [3.05, 3.63) is 16.9 Å². The molecule has 102 valence electrons. The Labute approximate surface area is 114 Å². The van der Waals surface area contributed by atoms with Crippen molar-refractivity contribution >= 4 is 11.6 Å². The fraction of sp³-hybridized carbons (Fsp3) is 0.769. The molecule has 1 saturated carbocycles. The van der Waals surface area contributed by atoms with E-state index < -0.39 is 0 Å². The van der Waals surface area contributed by atoms with Crippen molar-refractivity contribution in [1.29, 1.82) is 0 Å². The van der Waals surface area contributed by atoms with E-state index >= 15 is 0 Å². The Morgan fingerprint density at radius 2 is 2.33 bits per heavy atom. The molecule has 0 spiro atoms. The number of halogens is 1. The molecule has 0 aromatic carbocycles. The Balaban J connectivity index is 2.30. The summed E-state index contributed by atoms with van der Waals surface area (Å²) in [6, 6.07) is 0.121. The van der Waals surface area contributed by atoms with Crippen LogP contribution in [0.15, 0.2) is 6.20 Å². The molecule has 0 bridgehead atoms. The van der Waals surface area contributed by atoms with E-state index in [-0.39, 0.29) is 11.6 Å². The van der Waals surface area contributed by atoms with Crippen molar-refractivity contribution in [3.8, 4) is 0 Å². The Kier molecular flexibility index (Phi) is 4.30. The van der Waals surface area contributed by atoms with E-state index in [0.29, 0.717) is 0 Å². The molecular weight excluding hydrogens is 250 g/mol. The van der Waals surface area contributed by atoms with Crippen LogP contribution in [-0.2, 0) is 11.8 Å². The maximum Gasteiger partial charge on any atom is 0.0888 e. The standard InChI is InChI=1S/C13H22ClN3O/c1-4-8-15-12(13(18-3)6-5-7-13)11-10(14)9-16-17(11)2/h9,12,15H,4-8H2,1-3H3. The molecule has 1 aromatic heterocycles. The molecule has 1 aliphatic rings. The first kappa shape index (κ1) is 13.8. The molecular formula is C13H22ClN3O. The second-order valence-electron chi connectivity index (χ2n) is 5.01. The number of rotatable bonds is 6. The Hall–Kier alpha value is -0.580. The van der Waals surface area contributed by atoms with Gasteiger partial charge < -0.3 is 10.1 Å². The van der Waals surface area contributed by atoms with Crippen molar-refractivity contribution in [2.24, 2.45) is 7.05 Å². The largest absolute Gasteiger partial charge is 0.376 e. The van der Waals surface area contributed by atoms with Gasteiger partial charge in [-0.15, -0.1) is 0 Å². The van der Waals surface area contributed by atoms with Gasteiger partial charge in [0, 0.05) is 14.2 Å². The molecule has 1 fully saturated rings. The van der Waals surface area contributed by atoms with Gasteiger partial charge in [0.05, 0.1) is 28.6 Å². The van der Waals surface area contributed by atoms with Crippen molar-refractivity contribution in [2.45, 2.75) is 44.2 Å². The van der Waals surface area contributed by atoms with Gasteiger partial charge in [-0.2, -0.15) is 5.10 Å². The topological polar surface area (TPSA) is 39.1 Å². The molecule has 2 rings (SSSR count). The maximum absolute atomic E-state index is 6.28. The molecule has 0 amide bonds. The highest BCUT2D eigenvalue weighted by Gasteiger charge is 2.46. The molecule has 1 aromatic rings. The fourth-order valence-electron chi connectivity index (χ4n) is 2.70. The summed E-state index contributed by atoms with van der Waals surface area (Å²) in [7, 11) is 3.73. The van der Waals surface area contributed by atoms with Gasteiger partial charge in [0.25, 0.3) is 0 Å². The summed E-state index contributed by atoms with van der Waals surface area (Å²) in [5.41, 5.74) is 0.916. The summed E-state index contributed by atoms with van der Waals surface area (Å²) < 4.78 is 7.66. The predicted molar refractivity (Wildman–Crippen MR) is 72.8 cm³/mol.